The number of ether oxygens (including phenoxy) is 1. The smallest absolute Gasteiger partial charge is 0.179 e. The zero-order chi connectivity index (χ0) is 19.1. The lowest BCUT2D eigenvalue weighted by Crippen LogP contribution is -2.13. The Morgan fingerprint density at radius 2 is 1.96 bits per heavy atom. The summed E-state index contributed by atoms with van der Waals surface area (Å²) in [5, 5.41) is 13.5. The van der Waals surface area contributed by atoms with Crippen molar-refractivity contribution in [3.05, 3.63) is 40.2 Å². The van der Waals surface area contributed by atoms with Crippen molar-refractivity contribution in [1.29, 1.82) is 5.26 Å². The molecule has 1 heterocycles. The van der Waals surface area contributed by atoms with Gasteiger partial charge in [-0.2, -0.15) is 10.4 Å². The maximum Gasteiger partial charge on any atom is 0.179 e. The minimum atomic E-state index is -3.36. The molecule has 1 saturated carbocycles. The molecule has 0 N–H and O–H groups in total. The highest BCUT2D eigenvalue weighted by Crippen LogP contribution is 2.46. The van der Waals surface area contributed by atoms with Gasteiger partial charge in [-0.1, -0.05) is 0 Å². The van der Waals surface area contributed by atoms with Crippen LogP contribution in [-0.2, 0) is 15.7 Å². The molecular weight excluding hydrogens is 354 g/mol. The SMILES string of the molecule is Cc1cc(Oc2c(C3CC3)nn(CS(C)(=O)=O)c2C=O)cc(C)c1C#N. The fourth-order valence-electron chi connectivity index (χ4n) is 2.92. The topological polar surface area (TPSA) is 102 Å². The fraction of sp³-hybridized carbons (Fsp3) is 0.389. The third kappa shape index (κ3) is 3.63. The average molecular weight is 373 g/mol. The lowest BCUT2D eigenvalue weighted by atomic mass is 10.0. The van der Waals surface area contributed by atoms with Crippen molar-refractivity contribution in [3.63, 3.8) is 0 Å². The van der Waals surface area contributed by atoms with Crippen LogP contribution < -0.4 is 4.74 Å². The molecule has 1 aromatic heterocycles. The van der Waals surface area contributed by atoms with Crippen LogP contribution in [-0.4, -0.2) is 30.7 Å². The molecule has 0 amide bonds. The van der Waals surface area contributed by atoms with Crippen LogP contribution in [0.1, 0.15) is 51.6 Å². The molecule has 1 aliphatic carbocycles. The molecule has 0 radical (unpaired) electrons. The molecule has 26 heavy (non-hydrogen) atoms. The number of carbonyl (C=O) groups is 1. The van der Waals surface area contributed by atoms with E-state index in [1.165, 1.54) is 4.68 Å². The van der Waals surface area contributed by atoms with Gasteiger partial charge in [0.05, 0.1) is 11.6 Å². The Labute approximate surface area is 152 Å². The number of hydrogen-bond acceptors (Lipinski definition) is 6. The van der Waals surface area contributed by atoms with Crippen molar-refractivity contribution >= 4 is 16.1 Å². The van der Waals surface area contributed by atoms with E-state index in [2.05, 4.69) is 11.2 Å². The van der Waals surface area contributed by atoms with Crippen LogP contribution >= 0.6 is 0 Å². The lowest BCUT2D eigenvalue weighted by molar-refractivity contribution is 0.111. The van der Waals surface area contributed by atoms with Gasteiger partial charge in [0.2, 0.25) is 0 Å². The molecule has 0 atom stereocenters. The number of aromatic nitrogens is 2. The number of aldehydes is 1. The van der Waals surface area contributed by atoms with Crippen molar-refractivity contribution in [3.8, 4) is 17.6 Å². The Morgan fingerprint density at radius 3 is 2.42 bits per heavy atom. The molecule has 0 spiro atoms. The van der Waals surface area contributed by atoms with Gasteiger partial charge < -0.3 is 4.74 Å². The summed E-state index contributed by atoms with van der Waals surface area (Å²) in [6, 6.07) is 5.61. The van der Waals surface area contributed by atoms with Crippen molar-refractivity contribution in [1.82, 2.24) is 9.78 Å². The highest BCUT2D eigenvalue weighted by molar-refractivity contribution is 7.89. The van der Waals surface area contributed by atoms with Crippen LogP contribution in [0.4, 0.5) is 0 Å². The van der Waals surface area contributed by atoms with E-state index in [1.54, 1.807) is 12.1 Å². The van der Waals surface area contributed by atoms with E-state index in [0.717, 1.165) is 30.2 Å². The molecule has 8 heteroatoms. The van der Waals surface area contributed by atoms with Crippen LogP contribution in [0.15, 0.2) is 12.1 Å². The second-order valence-corrected chi connectivity index (χ2v) is 8.80. The number of benzene rings is 1. The van der Waals surface area contributed by atoms with E-state index >= 15 is 0 Å². The third-order valence-corrected chi connectivity index (χ3v) is 4.96. The third-order valence-electron chi connectivity index (χ3n) is 4.24. The van der Waals surface area contributed by atoms with E-state index in [1.807, 2.05) is 13.8 Å². The second-order valence-electron chi connectivity index (χ2n) is 6.69. The van der Waals surface area contributed by atoms with E-state index < -0.39 is 9.84 Å². The molecule has 1 fully saturated rings. The highest BCUT2D eigenvalue weighted by atomic mass is 32.2. The number of rotatable bonds is 6. The largest absolute Gasteiger partial charge is 0.453 e. The summed E-state index contributed by atoms with van der Waals surface area (Å²) in [5.74, 6) is 0.581. The Kier molecular flexibility index (Phi) is 4.59. The first-order chi connectivity index (χ1) is 12.2. The first-order valence-electron chi connectivity index (χ1n) is 8.16. The normalized spacial score (nSPS) is 14.1. The van der Waals surface area contributed by atoms with Crippen LogP contribution in [0.3, 0.4) is 0 Å². The quantitative estimate of drug-likeness (QED) is 0.722. The van der Waals surface area contributed by atoms with Gasteiger partial charge in [0.15, 0.2) is 21.9 Å². The van der Waals surface area contributed by atoms with E-state index in [9.17, 15) is 18.5 Å². The fourth-order valence-corrected chi connectivity index (χ4v) is 3.56. The Hall–Kier alpha value is -2.66. The monoisotopic (exact) mass is 373 g/mol. The zero-order valence-corrected chi connectivity index (χ0v) is 15.6. The van der Waals surface area contributed by atoms with E-state index in [-0.39, 0.29) is 17.5 Å². The predicted molar refractivity (Wildman–Crippen MR) is 95.1 cm³/mol. The van der Waals surface area contributed by atoms with Crippen LogP contribution in [0, 0.1) is 25.2 Å². The number of nitrogens with zero attached hydrogens (tertiary/aromatic N) is 3. The molecule has 136 valence electrons. The van der Waals surface area contributed by atoms with Crippen molar-refractivity contribution in [2.24, 2.45) is 0 Å². The lowest BCUT2D eigenvalue weighted by Gasteiger charge is -2.10. The number of carbonyl (C=O) groups excluding carboxylic acids is 1. The standard InChI is InChI=1S/C18H19N3O4S/c1-11-6-14(7-12(2)15(11)8-19)25-18-16(9-22)21(10-26(3,23)24)20-17(18)13-4-5-13/h6-7,9,13H,4-5,10H2,1-3H3. The molecule has 1 aromatic carbocycles. The summed E-state index contributed by atoms with van der Waals surface area (Å²) >= 11 is 0. The molecule has 0 bridgehead atoms. The van der Waals surface area contributed by atoms with Crippen LogP contribution in [0.5, 0.6) is 11.5 Å². The summed E-state index contributed by atoms with van der Waals surface area (Å²) in [5.41, 5.74) is 2.84. The van der Waals surface area contributed by atoms with E-state index in [0.29, 0.717) is 29.0 Å². The van der Waals surface area contributed by atoms with E-state index in [4.69, 9.17) is 4.74 Å². The molecule has 0 aliphatic heterocycles. The highest BCUT2D eigenvalue weighted by Gasteiger charge is 2.33. The van der Waals surface area contributed by atoms with Crippen molar-refractivity contribution < 1.29 is 17.9 Å². The van der Waals surface area contributed by atoms with Gasteiger partial charge >= 0.3 is 0 Å². The van der Waals surface area contributed by atoms with Crippen LogP contribution in [0.25, 0.3) is 0 Å². The Balaban J connectivity index is 2.07. The van der Waals surface area contributed by atoms with Crippen molar-refractivity contribution in [2.75, 3.05) is 6.26 Å². The van der Waals surface area contributed by atoms with Gasteiger partial charge in [0, 0.05) is 12.2 Å². The maximum absolute atomic E-state index is 11.6. The van der Waals surface area contributed by atoms with Gasteiger partial charge in [-0.25, -0.2) is 13.1 Å². The molecule has 7 nitrogen and oxygen atoms in total. The second kappa shape index (κ2) is 6.57. The average Bonchev–Trinajstić information content (AvgIpc) is 3.30. The summed E-state index contributed by atoms with van der Waals surface area (Å²) < 4.78 is 30.4. The number of aryl methyl sites for hydroxylation is 2. The first-order valence-corrected chi connectivity index (χ1v) is 10.2. The van der Waals surface area contributed by atoms with Crippen molar-refractivity contribution in [2.45, 2.75) is 38.5 Å². The minimum absolute atomic E-state index is 0.108. The van der Waals surface area contributed by atoms with Gasteiger partial charge in [0.25, 0.3) is 0 Å². The Morgan fingerprint density at radius 1 is 1.35 bits per heavy atom. The number of sulfone groups is 1. The minimum Gasteiger partial charge on any atom is -0.453 e. The van der Waals surface area contributed by atoms with Crippen LogP contribution in [0.2, 0.25) is 0 Å². The van der Waals surface area contributed by atoms with Gasteiger partial charge in [-0.3, -0.25) is 4.79 Å². The molecular formula is C18H19N3O4S. The zero-order valence-electron chi connectivity index (χ0n) is 14.8. The van der Waals surface area contributed by atoms with Gasteiger partial charge in [0.1, 0.15) is 23.0 Å². The molecule has 2 aromatic rings. The number of nitriles is 1. The summed E-state index contributed by atoms with van der Waals surface area (Å²) in [7, 11) is -3.36. The number of hydrogen-bond donors (Lipinski definition) is 0. The molecule has 3 rings (SSSR count). The summed E-state index contributed by atoms with van der Waals surface area (Å²) in [4.78, 5) is 11.6. The summed E-state index contributed by atoms with van der Waals surface area (Å²) in [6.07, 6.45) is 3.52. The van der Waals surface area contributed by atoms with Gasteiger partial charge in [-0.15, -0.1) is 0 Å². The molecule has 0 unspecified atom stereocenters. The predicted octanol–water partition coefficient (Wildman–Crippen LogP) is 2.86. The first kappa shape index (κ1) is 18.1. The molecule has 0 saturated heterocycles. The van der Waals surface area contributed by atoms with Gasteiger partial charge in [-0.05, 0) is 49.9 Å². The summed E-state index contributed by atoms with van der Waals surface area (Å²) in [6.45, 7) is 3.63. The Bertz CT molecular complexity index is 1000. The molecule has 1 aliphatic rings. The maximum atomic E-state index is 11.6.